The van der Waals surface area contributed by atoms with E-state index in [4.69, 9.17) is 11.6 Å². The normalized spacial score (nSPS) is 18.7. The minimum atomic E-state index is -4.46. The first-order valence-electron chi connectivity index (χ1n) is 9.21. The minimum Gasteiger partial charge on any atom is -0.322 e. The quantitative estimate of drug-likeness (QED) is 0.671. The number of carbonyl (C=O) groups excluding carboxylic acids is 2. The highest BCUT2D eigenvalue weighted by atomic mass is 35.5. The molecule has 1 aromatic heterocycles. The van der Waals surface area contributed by atoms with Gasteiger partial charge in [-0.2, -0.15) is 13.2 Å². The summed E-state index contributed by atoms with van der Waals surface area (Å²) in [6.07, 6.45) is -1.78. The topological polar surface area (TPSA) is 53.5 Å². The Kier molecular flexibility index (Phi) is 4.96. The first kappa shape index (κ1) is 20.6. The number of hydrogen-bond acceptors (Lipinski definition) is 3. The van der Waals surface area contributed by atoms with Crippen molar-refractivity contribution in [3.63, 3.8) is 0 Å². The molecule has 2 amide bonds. The lowest BCUT2D eigenvalue weighted by Crippen LogP contribution is -2.71. The van der Waals surface area contributed by atoms with E-state index in [0.717, 1.165) is 23.1 Å². The smallest absolute Gasteiger partial charge is 0.322 e. The van der Waals surface area contributed by atoms with Crippen LogP contribution in [0, 0.1) is 5.82 Å². The largest absolute Gasteiger partial charge is 0.416 e. The molecular formula is C20H16ClF4N3O2. The van der Waals surface area contributed by atoms with Crippen molar-refractivity contribution < 1.29 is 27.2 Å². The number of pyridine rings is 1. The van der Waals surface area contributed by atoms with Crippen molar-refractivity contribution in [1.29, 1.82) is 0 Å². The van der Waals surface area contributed by atoms with Crippen molar-refractivity contribution in [2.45, 2.75) is 37.5 Å². The van der Waals surface area contributed by atoms with E-state index in [2.05, 4.69) is 4.98 Å². The Labute approximate surface area is 174 Å². The molecule has 5 nitrogen and oxygen atoms in total. The third-order valence-electron chi connectivity index (χ3n) is 5.60. The number of nitrogens with zero attached hydrogens (tertiary/aromatic N) is 3. The van der Waals surface area contributed by atoms with Crippen LogP contribution in [-0.2, 0) is 22.3 Å². The Hall–Kier alpha value is -2.68. The summed E-state index contributed by atoms with van der Waals surface area (Å²) in [5, 5.41) is 0.0642. The molecule has 1 aliphatic carbocycles. The fourth-order valence-corrected chi connectivity index (χ4v) is 4.04. The molecule has 1 saturated heterocycles. The van der Waals surface area contributed by atoms with E-state index in [9.17, 15) is 27.2 Å². The van der Waals surface area contributed by atoms with Gasteiger partial charge in [0.25, 0.3) is 5.91 Å². The summed E-state index contributed by atoms with van der Waals surface area (Å²) < 4.78 is 52.7. The van der Waals surface area contributed by atoms with Crippen molar-refractivity contribution in [1.82, 2.24) is 9.88 Å². The summed E-state index contributed by atoms with van der Waals surface area (Å²) in [5.74, 6) is -1.95. The van der Waals surface area contributed by atoms with Crippen molar-refractivity contribution >= 4 is 29.2 Å². The Balaban J connectivity index is 1.62. The fraction of sp³-hybridized carbons (Fsp3) is 0.350. The highest BCUT2D eigenvalue weighted by Crippen LogP contribution is 2.43. The van der Waals surface area contributed by atoms with Gasteiger partial charge in [-0.1, -0.05) is 23.7 Å². The number of aromatic nitrogens is 1. The van der Waals surface area contributed by atoms with E-state index in [1.54, 1.807) is 0 Å². The summed E-state index contributed by atoms with van der Waals surface area (Å²) >= 11 is 5.72. The van der Waals surface area contributed by atoms with Crippen LogP contribution in [0.15, 0.2) is 36.5 Å². The van der Waals surface area contributed by atoms with E-state index in [1.165, 1.54) is 23.2 Å². The van der Waals surface area contributed by atoms with Crippen LogP contribution in [0.4, 0.5) is 23.4 Å². The first-order chi connectivity index (χ1) is 14.1. The zero-order valence-electron chi connectivity index (χ0n) is 15.5. The van der Waals surface area contributed by atoms with Crippen molar-refractivity contribution in [3.05, 3.63) is 58.5 Å². The molecule has 1 spiro atoms. The van der Waals surface area contributed by atoms with Gasteiger partial charge < -0.3 is 4.90 Å². The van der Waals surface area contributed by atoms with Gasteiger partial charge in [-0.25, -0.2) is 9.37 Å². The zero-order valence-corrected chi connectivity index (χ0v) is 16.3. The molecule has 1 aromatic carbocycles. The van der Waals surface area contributed by atoms with Crippen LogP contribution in [0.25, 0.3) is 0 Å². The van der Waals surface area contributed by atoms with E-state index < -0.39 is 41.5 Å². The molecule has 0 unspecified atom stereocenters. The molecule has 4 rings (SSSR count). The van der Waals surface area contributed by atoms with E-state index in [-0.39, 0.29) is 17.4 Å². The molecular weight excluding hydrogens is 426 g/mol. The molecule has 1 saturated carbocycles. The second-order valence-corrected chi connectivity index (χ2v) is 7.85. The number of carbonyl (C=O) groups is 2. The molecule has 0 radical (unpaired) electrons. The third kappa shape index (κ3) is 3.40. The zero-order chi connectivity index (χ0) is 21.7. The average Bonchev–Trinajstić information content (AvgIpc) is 2.63. The molecule has 2 aliphatic rings. The molecule has 0 N–H and O–H groups in total. The summed E-state index contributed by atoms with van der Waals surface area (Å²) in [6, 6.07) is 5.49. The highest BCUT2D eigenvalue weighted by Gasteiger charge is 2.56. The van der Waals surface area contributed by atoms with Crippen LogP contribution < -0.4 is 4.90 Å². The maximum absolute atomic E-state index is 14.3. The predicted octanol–water partition coefficient (Wildman–Crippen LogP) is 4.19. The van der Waals surface area contributed by atoms with Crippen molar-refractivity contribution in [3.8, 4) is 0 Å². The number of rotatable bonds is 3. The maximum Gasteiger partial charge on any atom is 0.416 e. The summed E-state index contributed by atoms with van der Waals surface area (Å²) in [5.41, 5.74) is -1.47. The molecule has 1 aliphatic heterocycles. The molecule has 2 fully saturated rings. The maximum atomic E-state index is 14.3. The summed E-state index contributed by atoms with van der Waals surface area (Å²) in [6.45, 7) is -0.417. The van der Waals surface area contributed by atoms with Crippen LogP contribution in [0.1, 0.15) is 30.4 Å². The van der Waals surface area contributed by atoms with Crippen LogP contribution in [0.2, 0.25) is 5.02 Å². The van der Waals surface area contributed by atoms with Gasteiger partial charge in [0.15, 0.2) is 11.6 Å². The Morgan fingerprint density at radius 3 is 2.33 bits per heavy atom. The molecule has 2 aromatic rings. The number of piperazine rings is 1. The van der Waals surface area contributed by atoms with Gasteiger partial charge in [0.05, 0.1) is 10.6 Å². The molecule has 30 heavy (non-hydrogen) atoms. The summed E-state index contributed by atoms with van der Waals surface area (Å²) in [7, 11) is 0. The molecule has 158 valence electrons. The summed E-state index contributed by atoms with van der Waals surface area (Å²) in [4.78, 5) is 32.5. The van der Waals surface area contributed by atoms with Crippen molar-refractivity contribution in [2.75, 3.05) is 11.4 Å². The van der Waals surface area contributed by atoms with E-state index >= 15 is 0 Å². The lowest BCUT2D eigenvalue weighted by atomic mass is 9.72. The van der Waals surface area contributed by atoms with Gasteiger partial charge in [0.1, 0.15) is 12.1 Å². The number of hydrogen-bond donors (Lipinski definition) is 0. The monoisotopic (exact) mass is 441 g/mol. The second kappa shape index (κ2) is 7.23. The van der Waals surface area contributed by atoms with Crippen LogP contribution in [-0.4, -0.2) is 33.8 Å². The Morgan fingerprint density at radius 2 is 1.80 bits per heavy atom. The van der Waals surface area contributed by atoms with Gasteiger partial charge in [0.2, 0.25) is 5.91 Å². The molecule has 0 bridgehead atoms. The van der Waals surface area contributed by atoms with Gasteiger partial charge >= 0.3 is 6.18 Å². The SMILES string of the molecule is O=C1CN(c2ncc(Cl)cc2F)C(=O)C2(CCC2)N1Cc1ccc(C(F)(F)F)cc1. The van der Waals surface area contributed by atoms with Crippen LogP contribution in [0.3, 0.4) is 0 Å². The van der Waals surface area contributed by atoms with Gasteiger partial charge in [-0.15, -0.1) is 0 Å². The van der Waals surface area contributed by atoms with E-state index in [1.807, 2.05) is 0 Å². The fourth-order valence-electron chi connectivity index (χ4n) is 3.89. The molecule has 0 atom stereocenters. The average molecular weight is 442 g/mol. The first-order valence-corrected chi connectivity index (χ1v) is 9.59. The number of halogens is 5. The highest BCUT2D eigenvalue weighted by molar-refractivity contribution is 6.30. The van der Waals surface area contributed by atoms with Crippen molar-refractivity contribution in [2.24, 2.45) is 0 Å². The molecule has 2 heterocycles. The number of alkyl halides is 3. The van der Waals surface area contributed by atoms with Crippen LogP contribution >= 0.6 is 11.6 Å². The Morgan fingerprint density at radius 1 is 1.13 bits per heavy atom. The minimum absolute atomic E-state index is 0.00687. The lowest BCUT2D eigenvalue weighted by Gasteiger charge is -2.53. The standard InChI is InChI=1S/C20H16ClF4N3O2/c21-14-8-15(22)17(26-9-14)27-11-16(29)28(19(18(27)30)6-1-7-19)10-12-2-4-13(5-3-12)20(23,24)25/h2-5,8-9H,1,6-7,10-11H2. The van der Waals surface area contributed by atoms with Gasteiger partial charge in [-0.3, -0.25) is 14.5 Å². The van der Waals surface area contributed by atoms with Gasteiger partial charge in [0, 0.05) is 12.7 Å². The number of amides is 2. The predicted molar refractivity (Wildman–Crippen MR) is 100 cm³/mol. The number of anilines is 1. The third-order valence-corrected chi connectivity index (χ3v) is 5.81. The Bertz CT molecular complexity index is 1010. The second-order valence-electron chi connectivity index (χ2n) is 7.41. The van der Waals surface area contributed by atoms with E-state index in [0.29, 0.717) is 24.8 Å². The lowest BCUT2D eigenvalue weighted by molar-refractivity contribution is -0.158. The van der Waals surface area contributed by atoms with Gasteiger partial charge in [-0.05, 0) is 43.0 Å². The number of benzene rings is 1. The molecule has 10 heteroatoms. The van der Waals surface area contributed by atoms with Crippen LogP contribution in [0.5, 0.6) is 0 Å².